The molecule has 0 atom stereocenters. The maximum Gasteiger partial charge on any atom is 0.162 e. The van der Waals surface area contributed by atoms with E-state index in [0.717, 1.165) is 25.0 Å². The van der Waals surface area contributed by atoms with Crippen molar-refractivity contribution in [3.8, 4) is 5.75 Å². The van der Waals surface area contributed by atoms with Crippen molar-refractivity contribution in [3.05, 3.63) is 29.8 Å². The molecule has 1 aliphatic heterocycles. The smallest absolute Gasteiger partial charge is 0.162 e. The third-order valence-corrected chi connectivity index (χ3v) is 3.42. The van der Waals surface area contributed by atoms with Crippen molar-refractivity contribution in [1.29, 1.82) is 0 Å². The first-order valence-electron chi connectivity index (χ1n) is 6.01. The van der Waals surface area contributed by atoms with Gasteiger partial charge in [-0.3, -0.25) is 0 Å². The minimum atomic E-state index is -0.902. The number of benzene rings is 1. The number of hydrogen-bond acceptors (Lipinski definition) is 3. The van der Waals surface area contributed by atoms with Gasteiger partial charge in [0.25, 0.3) is 0 Å². The average Bonchev–Trinajstić information content (AvgIpc) is 2.41. The molecule has 2 rings (SSSR count). The van der Waals surface area contributed by atoms with Crippen LogP contribution in [-0.4, -0.2) is 26.4 Å². The Labute approximate surface area is 105 Å². The molecule has 1 aromatic carbocycles. The maximum atomic E-state index is 13.0. The Kier molecular flexibility index (Phi) is 4.14. The lowest BCUT2D eigenvalue weighted by atomic mass is 9.81. The van der Waals surface area contributed by atoms with E-state index in [-0.39, 0.29) is 5.41 Å². The summed E-state index contributed by atoms with van der Waals surface area (Å²) in [4.78, 5) is 0. The minimum absolute atomic E-state index is 0.122. The van der Waals surface area contributed by atoms with Gasteiger partial charge in [0.15, 0.2) is 11.6 Å². The Morgan fingerprint density at radius 2 is 1.94 bits per heavy atom. The average molecular weight is 257 g/mol. The van der Waals surface area contributed by atoms with Gasteiger partial charge in [0.1, 0.15) is 5.75 Å². The summed E-state index contributed by atoms with van der Waals surface area (Å²) in [6.45, 7) is 2.23. The van der Waals surface area contributed by atoms with Crippen molar-refractivity contribution in [2.24, 2.45) is 11.1 Å². The Balaban J connectivity index is 1.98. The summed E-state index contributed by atoms with van der Waals surface area (Å²) in [7, 11) is 0. The van der Waals surface area contributed by atoms with E-state index in [1.54, 1.807) is 0 Å². The summed E-state index contributed by atoms with van der Waals surface area (Å²) < 4.78 is 36.6. The molecule has 18 heavy (non-hydrogen) atoms. The Morgan fingerprint density at radius 1 is 1.22 bits per heavy atom. The number of ether oxygens (including phenoxy) is 2. The number of rotatable bonds is 4. The van der Waals surface area contributed by atoms with Gasteiger partial charge in [0.2, 0.25) is 0 Å². The normalized spacial score (nSPS) is 18.6. The lowest BCUT2D eigenvalue weighted by molar-refractivity contribution is -0.00506. The summed E-state index contributed by atoms with van der Waals surface area (Å²) in [5.74, 6) is -1.45. The molecule has 1 aromatic rings. The molecule has 0 aliphatic carbocycles. The molecule has 3 nitrogen and oxygen atoms in total. The van der Waals surface area contributed by atoms with Gasteiger partial charge < -0.3 is 15.2 Å². The minimum Gasteiger partial charge on any atom is -0.493 e. The predicted molar refractivity (Wildman–Crippen MR) is 63.4 cm³/mol. The second kappa shape index (κ2) is 5.63. The lowest BCUT2D eigenvalue weighted by Crippen LogP contribution is -2.41. The van der Waals surface area contributed by atoms with Crippen molar-refractivity contribution >= 4 is 0 Å². The summed E-state index contributed by atoms with van der Waals surface area (Å²) >= 11 is 0. The van der Waals surface area contributed by atoms with Crippen molar-refractivity contribution in [2.45, 2.75) is 12.8 Å². The molecule has 100 valence electrons. The summed E-state index contributed by atoms with van der Waals surface area (Å²) in [6.07, 6.45) is 1.65. The monoisotopic (exact) mass is 257 g/mol. The summed E-state index contributed by atoms with van der Waals surface area (Å²) in [5.41, 5.74) is 5.66. The van der Waals surface area contributed by atoms with Crippen LogP contribution in [0.4, 0.5) is 8.78 Å². The molecule has 0 unspecified atom stereocenters. The Hall–Kier alpha value is -1.20. The predicted octanol–water partition coefficient (Wildman–Crippen LogP) is 2.10. The molecule has 0 bridgehead atoms. The third kappa shape index (κ3) is 2.97. The van der Waals surface area contributed by atoms with Crippen LogP contribution >= 0.6 is 0 Å². The van der Waals surface area contributed by atoms with Gasteiger partial charge >= 0.3 is 0 Å². The quantitative estimate of drug-likeness (QED) is 0.898. The van der Waals surface area contributed by atoms with Gasteiger partial charge in [-0.05, 0) is 25.0 Å². The van der Waals surface area contributed by atoms with E-state index in [9.17, 15) is 8.78 Å². The van der Waals surface area contributed by atoms with Crippen LogP contribution in [0.15, 0.2) is 18.2 Å². The van der Waals surface area contributed by atoms with E-state index in [1.165, 1.54) is 6.07 Å². The second-order valence-electron chi connectivity index (χ2n) is 4.68. The molecular weight excluding hydrogens is 240 g/mol. The highest BCUT2D eigenvalue weighted by Crippen LogP contribution is 2.30. The zero-order valence-corrected chi connectivity index (χ0v) is 10.1. The first-order valence-corrected chi connectivity index (χ1v) is 6.01. The number of halogens is 2. The van der Waals surface area contributed by atoms with Crippen LogP contribution < -0.4 is 10.5 Å². The highest BCUT2D eigenvalue weighted by molar-refractivity contribution is 5.23. The van der Waals surface area contributed by atoms with Crippen LogP contribution in [-0.2, 0) is 4.74 Å². The fraction of sp³-hybridized carbons (Fsp3) is 0.538. The second-order valence-corrected chi connectivity index (χ2v) is 4.68. The van der Waals surface area contributed by atoms with Gasteiger partial charge in [-0.2, -0.15) is 0 Å². The molecular formula is C13H17F2NO2. The van der Waals surface area contributed by atoms with Crippen LogP contribution in [0.2, 0.25) is 0 Å². The standard InChI is InChI=1S/C13H17F2NO2/c14-11-2-1-10(7-12(11)15)18-9-13(8-16)3-5-17-6-4-13/h1-2,7H,3-6,8-9,16H2. The highest BCUT2D eigenvalue weighted by atomic mass is 19.2. The van der Waals surface area contributed by atoms with E-state index >= 15 is 0 Å². The highest BCUT2D eigenvalue weighted by Gasteiger charge is 2.32. The molecule has 0 amide bonds. The molecule has 2 N–H and O–H groups in total. The van der Waals surface area contributed by atoms with Crippen molar-refractivity contribution in [3.63, 3.8) is 0 Å². The molecule has 1 fully saturated rings. The molecule has 1 saturated heterocycles. The zero-order chi connectivity index (χ0) is 13.0. The van der Waals surface area contributed by atoms with Crippen LogP contribution in [0.5, 0.6) is 5.75 Å². The number of hydrogen-bond donors (Lipinski definition) is 1. The van der Waals surface area contributed by atoms with Gasteiger partial charge in [0.05, 0.1) is 6.61 Å². The molecule has 0 aromatic heterocycles. The van der Waals surface area contributed by atoms with Crippen molar-refractivity contribution in [2.75, 3.05) is 26.4 Å². The van der Waals surface area contributed by atoms with Crippen LogP contribution in [0.3, 0.4) is 0 Å². The molecule has 0 radical (unpaired) electrons. The SMILES string of the molecule is NCC1(COc2ccc(F)c(F)c2)CCOCC1. The zero-order valence-electron chi connectivity index (χ0n) is 10.1. The maximum absolute atomic E-state index is 13.0. The van der Waals surface area contributed by atoms with Crippen LogP contribution in [0.1, 0.15) is 12.8 Å². The largest absolute Gasteiger partial charge is 0.493 e. The fourth-order valence-electron chi connectivity index (χ4n) is 2.01. The molecule has 0 saturated carbocycles. The first kappa shape index (κ1) is 13.2. The van der Waals surface area contributed by atoms with E-state index < -0.39 is 11.6 Å². The Morgan fingerprint density at radius 3 is 2.56 bits per heavy atom. The summed E-state index contributed by atoms with van der Waals surface area (Å²) in [6, 6.07) is 3.53. The van der Waals surface area contributed by atoms with E-state index in [1.807, 2.05) is 0 Å². The van der Waals surface area contributed by atoms with Crippen LogP contribution in [0.25, 0.3) is 0 Å². The van der Waals surface area contributed by atoms with Gasteiger partial charge in [-0.25, -0.2) is 8.78 Å². The summed E-state index contributed by atoms with van der Waals surface area (Å²) in [5, 5.41) is 0. The Bertz CT molecular complexity index is 406. The lowest BCUT2D eigenvalue weighted by Gasteiger charge is -2.35. The molecule has 0 spiro atoms. The topological polar surface area (TPSA) is 44.5 Å². The molecule has 1 heterocycles. The number of nitrogens with two attached hydrogens (primary N) is 1. The fourth-order valence-corrected chi connectivity index (χ4v) is 2.01. The van der Waals surface area contributed by atoms with Gasteiger partial charge in [-0.1, -0.05) is 0 Å². The van der Waals surface area contributed by atoms with E-state index in [4.69, 9.17) is 15.2 Å². The van der Waals surface area contributed by atoms with E-state index in [2.05, 4.69) is 0 Å². The van der Waals surface area contributed by atoms with Gasteiger partial charge in [-0.15, -0.1) is 0 Å². The van der Waals surface area contributed by atoms with Crippen LogP contribution in [0, 0.1) is 17.0 Å². The first-order chi connectivity index (χ1) is 8.65. The van der Waals surface area contributed by atoms with Gasteiger partial charge in [0, 0.05) is 31.2 Å². The third-order valence-electron chi connectivity index (χ3n) is 3.42. The van der Waals surface area contributed by atoms with E-state index in [0.29, 0.717) is 32.1 Å². The molecule has 1 aliphatic rings. The van der Waals surface area contributed by atoms with Crippen molar-refractivity contribution < 1.29 is 18.3 Å². The molecule has 5 heteroatoms. The van der Waals surface area contributed by atoms with Crippen molar-refractivity contribution in [1.82, 2.24) is 0 Å².